The summed E-state index contributed by atoms with van der Waals surface area (Å²) in [5.74, 6) is 0. The van der Waals surface area contributed by atoms with E-state index in [9.17, 15) is 0 Å². The number of ether oxygens (including phenoxy) is 2. The molecule has 1 unspecified atom stereocenters. The highest BCUT2D eigenvalue weighted by atomic mass is 32.1. The van der Waals surface area contributed by atoms with E-state index in [1.165, 1.54) is 4.70 Å². The maximum atomic E-state index is 5.29. The molecule has 0 radical (unpaired) electrons. The van der Waals surface area contributed by atoms with Gasteiger partial charge in [-0.2, -0.15) is 0 Å². The molecular weight excluding hydrogens is 248 g/mol. The molecule has 98 valence electrons. The van der Waals surface area contributed by atoms with Crippen LogP contribution in [0.5, 0.6) is 0 Å². The van der Waals surface area contributed by atoms with Crippen LogP contribution in [0.25, 0.3) is 10.2 Å². The van der Waals surface area contributed by atoms with Crippen LogP contribution in [0.3, 0.4) is 0 Å². The number of para-hydroxylation sites is 1. The Balaban J connectivity index is 2.15. The standard InChI is InChI=1S/C13H18N2O2S/c1-14-10(13(16-2)17-3)8-12-15-9-6-4-5-7-11(9)18-12/h4-7,10,13-14H,8H2,1-3H3. The van der Waals surface area contributed by atoms with E-state index >= 15 is 0 Å². The van der Waals surface area contributed by atoms with Gasteiger partial charge in [0, 0.05) is 20.6 Å². The fraction of sp³-hybridized carbons (Fsp3) is 0.462. The van der Waals surface area contributed by atoms with E-state index in [4.69, 9.17) is 9.47 Å². The van der Waals surface area contributed by atoms with Crippen LogP contribution in [0, 0.1) is 0 Å². The molecule has 0 spiro atoms. The van der Waals surface area contributed by atoms with Crippen LogP contribution in [0.2, 0.25) is 0 Å². The number of nitrogens with zero attached hydrogens (tertiary/aromatic N) is 1. The largest absolute Gasteiger partial charge is 0.354 e. The summed E-state index contributed by atoms with van der Waals surface area (Å²) in [6.07, 6.45) is 0.532. The van der Waals surface area contributed by atoms with Crippen LogP contribution >= 0.6 is 11.3 Å². The summed E-state index contributed by atoms with van der Waals surface area (Å²) in [5.41, 5.74) is 1.05. The van der Waals surface area contributed by atoms with Crippen molar-refractivity contribution in [1.82, 2.24) is 10.3 Å². The van der Waals surface area contributed by atoms with Crippen molar-refractivity contribution in [3.8, 4) is 0 Å². The number of likely N-dealkylation sites (N-methyl/N-ethyl adjacent to an activating group) is 1. The topological polar surface area (TPSA) is 43.4 Å². The lowest BCUT2D eigenvalue weighted by Crippen LogP contribution is -2.41. The Bertz CT molecular complexity index is 463. The summed E-state index contributed by atoms with van der Waals surface area (Å²) in [7, 11) is 5.21. The summed E-state index contributed by atoms with van der Waals surface area (Å²) < 4.78 is 11.8. The minimum Gasteiger partial charge on any atom is -0.354 e. The molecular formula is C13H18N2O2S. The zero-order chi connectivity index (χ0) is 13.0. The van der Waals surface area contributed by atoms with Crippen molar-refractivity contribution in [2.24, 2.45) is 0 Å². The molecule has 0 aliphatic heterocycles. The van der Waals surface area contributed by atoms with Gasteiger partial charge in [0.15, 0.2) is 6.29 Å². The Hall–Kier alpha value is -1.01. The molecule has 2 rings (SSSR count). The zero-order valence-electron chi connectivity index (χ0n) is 10.8. The highest BCUT2D eigenvalue weighted by Crippen LogP contribution is 2.23. The van der Waals surface area contributed by atoms with Gasteiger partial charge >= 0.3 is 0 Å². The molecule has 18 heavy (non-hydrogen) atoms. The Labute approximate surface area is 111 Å². The first kappa shape index (κ1) is 13.4. The molecule has 4 nitrogen and oxygen atoms in total. The maximum absolute atomic E-state index is 5.29. The van der Waals surface area contributed by atoms with Crippen LogP contribution in [0.4, 0.5) is 0 Å². The summed E-state index contributed by atoms with van der Waals surface area (Å²) in [5, 5.41) is 4.31. The predicted molar refractivity (Wildman–Crippen MR) is 74.0 cm³/mol. The van der Waals surface area contributed by atoms with E-state index in [-0.39, 0.29) is 12.3 Å². The van der Waals surface area contributed by atoms with Crippen LogP contribution in [0.1, 0.15) is 5.01 Å². The molecule has 1 N–H and O–H groups in total. The van der Waals surface area contributed by atoms with E-state index in [1.54, 1.807) is 25.6 Å². The number of methoxy groups -OCH3 is 2. The zero-order valence-corrected chi connectivity index (χ0v) is 11.7. The average molecular weight is 266 g/mol. The molecule has 1 aromatic carbocycles. The quantitative estimate of drug-likeness (QED) is 0.813. The lowest BCUT2D eigenvalue weighted by Gasteiger charge is -2.23. The lowest BCUT2D eigenvalue weighted by molar-refractivity contribution is -0.121. The number of rotatable bonds is 6. The summed E-state index contributed by atoms with van der Waals surface area (Å²) in [6, 6.07) is 8.27. The molecule has 5 heteroatoms. The second-order valence-corrected chi connectivity index (χ2v) is 5.13. The van der Waals surface area contributed by atoms with Crippen molar-refractivity contribution in [3.05, 3.63) is 29.3 Å². The monoisotopic (exact) mass is 266 g/mol. The Morgan fingerprint density at radius 1 is 1.28 bits per heavy atom. The second-order valence-electron chi connectivity index (χ2n) is 4.01. The third-order valence-corrected chi connectivity index (χ3v) is 3.96. The van der Waals surface area contributed by atoms with Crippen LogP contribution in [-0.4, -0.2) is 38.6 Å². The van der Waals surface area contributed by atoms with Crippen LogP contribution in [0.15, 0.2) is 24.3 Å². The first-order valence-electron chi connectivity index (χ1n) is 5.85. The molecule has 1 aromatic heterocycles. The third kappa shape index (κ3) is 2.87. The second kappa shape index (κ2) is 6.24. The Kier molecular flexibility index (Phi) is 4.66. The van der Waals surface area contributed by atoms with Gasteiger partial charge in [-0.15, -0.1) is 11.3 Å². The molecule has 0 aliphatic carbocycles. The summed E-state index contributed by atoms with van der Waals surface area (Å²) >= 11 is 1.72. The average Bonchev–Trinajstić information content (AvgIpc) is 2.81. The smallest absolute Gasteiger partial charge is 0.172 e. The van der Waals surface area contributed by atoms with Crippen molar-refractivity contribution < 1.29 is 9.47 Å². The van der Waals surface area contributed by atoms with Crippen LogP contribution in [-0.2, 0) is 15.9 Å². The number of fused-ring (bicyclic) bond motifs is 1. The number of hydrogen-bond acceptors (Lipinski definition) is 5. The van der Waals surface area contributed by atoms with Gasteiger partial charge in [-0.25, -0.2) is 4.98 Å². The van der Waals surface area contributed by atoms with Gasteiger partial charge in [0.05, 0.1) is 21.3 Å². The molecule has 1 atom stereocenters. The lowest BCUT2D eigenvalue weighted by atomic mass is 10.2. The van der Waals surface area contributed by atoms with Gasteiger partial charge in [-0.1, -0.05) is 12.1 Å². The highest BCUT2D eigenvalue weighted by molar-refractivity contribution is 7.18. The van der Waals surface area contributed by atoms with Crippen molar-refractivity contribution in [2.75, 3.05) is 21.3 Å². The number of thiazole rings is 1. The Morgan fingerprint density at radius 3 is 2.61 bits per heavy atom. The third-order valence-electron chi connectivity index (χ3n) is 2.90. The fourth-order valence-electron chi connectivity index (χ4n) is 1.95. The van der Waals surface area contributed by atoms with E-state index in [0.29, 0.717) is 0 Å². The van der Waals surface area contributed by atoms with E-state index in [2.05, 4.69) is 16.4 Å². The van der Waals surface area contributed by atoms with E-state index < -0.39 is 0 Å². The number of hydrogen-bond donors (Lipinski definition) is 1. The van der Waals surface area contributed by atoms with E-state index in [0.717, 1.165) is 16.9 Å². The SMILES string of the molecule is CNC(Cc1nc2ccccc2s1)C(OC)OC. The minimum absolute atomic E-state index is 0.0977. The molecule has 2 aromatic rings. The molecule has 1 heterocycles. The maximum Gasteiger partial charge on any atom is 0.172 e. The number of aromatic nitrogens is 1. The van der Waals surface area contributed by atoms with Crippen molar-refractivity contribution in [1.29, 1.82) is 0 Å². The predicted octanol–water partition coefficient (Wildman–Crippen LogP) is 2.05. The van der Waals surface area contributed by atoms with Crippen molar-refractivity contribution in [2.45, 2.75) is 18.8 Å². The first-order chi connectivity index (χ1) is 8.78. The summed E-state index contributed by atoms with van der Waals surface area (Å²) in [4.78, 5) is 4.62. The normalized spacial score (nSPS) is 13.3. The molecule has 0 saturated heterocycles. The van der Waals surface area contributed by atoms with Gasteiger partial charge in [-0.3, -0.25) is 0 Å². The number of benzene rings is 1. The van der Waals surface area contributed by atoms with Gasteiger partial charge in [-0.05, 0) is 19.2 Å². The van der Waals surface area contributed by atoms with Gasteiger partial charge in [0.25, 0.3) is 0 Å². The number of nitrogens with one attached hydrogen (secondary N) is 1. The van der Waals surface area contributed by atoms with Gasteiger partial charge in [0.1, 0.15) is 0 Å². The molecule has 0 bridgehead atoms. The van der Waals surface area contributed by atoms with Gasteiger partial charge in [0.2, 0.25) is 0 Å². The van der Waals surface area contributed by atoms with Crippen molar-refractivity contribution >= 4 is 21.6 Å². The summed E-state index contributed by atoms with van der Waals surface area (Å²) in [6.45, 7) is 0. The molecule has 0 saturated carbocycles. The molecule has 0 amide bonds. The molecule has 0 aliphatic rings. The molecule has 0 fully saturated rings. The van der Waals surface area contributed by atoms with Crippen LogP contribution < -0.4 is 5.32 Å². The highest BCUT2D eigenvalue weighted by Gasteiger charge is 2.21. The van der Waals surface area contributed by atoms with Gasteiger partial charge < -0.3 is 14.8 Å². The Morgan fingerprint density at radius 2 is 2.00 bits per heavy atom. The minimum atomic E-state index is -0.262. The van der Waals surface area contributed by atoms with Crippen molar-refractivity contribution in [3.63, 3.8) is 0 Å². The van der Waals surface area contributed by atoms with E-state index in [1.807, 2.05) is 25.2 Å². The first-order valence-corrected chi connectivity index (χ1v) is 6.67. The fourth-order valence-corrected chi connectivity index (χ4v) is 2.98.